The van der Waals surface area contributed by atoms with Crippen molar-refractivity contribution in [2.75, 3.05) is 19.8 Å². The van der Waals surface area contributed by atoms with Crippen LogP contribution in [0.15, 0.2) is 12.2 Å². The average Bonchev–Trinajstić information content (AvgIpc) is 2.47. The maximum atomic E-state index is 11.3. The summed E-state index contributed by atoms with van der Waals surface area (Å²) in [6, 6.07) is 1.07. The van der Waals surface area contributed by atoms with Crippen molar-refractivity contribution in [2.24, 2.45) is 5.92 Å². The van der Waals surface area contributed by atoms with Crippen molar-refractivity contribution in [1.29, 1.82) is 0 Å². The van der Waals surface area contributed by atoms with Crippen LogP contribution in [0.5, 0.6) is 0 Å². The minimum absolute atomic E-state index is 0.284. The average molecular weight is 330 g/mol. The second kappa shape index (κ2) is 14.0. The van der Waals surface area contributed by atoms with E-state index in [1.54, 1.807) is 6.92 Å². The van der Waals surface area contributed by atoms with E-state index in [0.717, 1.165) is 25.7 Å². The van der Waals surface area contributed by atoms with Crippen molar-refractivity contribution in [3.8, 4) is 0 Å². The van der Waals surface area contributed by atoms with Crippen molar-refractivity contribution in [1.82, 2.24) is 0 Å². The molecule has 0 aliphatic heterocycles. The smallest absolute Gasteiger partial charge is 0.384 e. The molecule has 0 bridgehead atoms. The van der Waals surface area contributed by atoms with Gasteiger partial charge < -0.3 is 13.6 Å². The van der Waals surface area contributed by atoms with Crippen molar-refractivity contribution in [2.45, 2.75) is 65.8 Å². The molecule has 0 aromatic rings. The lowest BCUT2D eigenvalue weighted by molar-refractivity contribution is -0.139. The van der Waals surface area contributed by atoms with E-state index in [1.807, 2.05) is 13.8 Å². The van der Waals surface area contributed by atoms with Crippen LogP contribution in [-0.2, 0) is 18.4 Å². The molecule has 0 spiro atoms. The molecular weight excluding hydrogens is 296 g/mol. The van der Waals surface area contributed by atoms with Gasteiger partial charge in [0.2, 0.25) is 0 Å². The number of unbranched alkanes of at least 4 members (excludes halogenated alkanes) is 2. The lowest BCUT2D eigenvalue weighted by Crippen LogP contribution is -2.22. The first-order chi connectivity index (χ1) is 10.5. The molecule has 0 aromatic carbocycles. The summed E-state index contributed by atoms with van der Waals surface area (Å²) in [5, 5.41) is 0. The number of hydrogen-bond donors (Lipinski definition) is 0. The highest BCUT2D eigenvalue weighted by atomic mass is 28.3. The first-order valence-electron chi connectivity index (χ1n) is 8.45. The van der Waals surface area contributed by atoms with Crippen LogP contribution in [-0.4, -0.2) is 35.1 Å². The summed E-state index contributed by atoms with van der Waals surface area (Å²) in [7, 11) is -1.04. The van der Waals surface area contributed by atoms with Gasteiger partial charge in [0.05, 0.1) is 6.61 Å². The van der Waals surface area contributed by atoms with Crippen molar-refractivity contribution in [3.05, 3.63) is 12.2 Å². The molecule has 129 valence electrons. The Morgan fingerprint density at radius 3 is 2.27 bits per heavy atom. The second-order valence-electron chi connectivity index (χ2n) is 5.65. The molecule has 0 aromatic heterocycles. The summed E-state index contributed by atoms with van der Waals surface area (Å²) in [5.74, 6) is 0.301. The summed E-state index contributed by atoms with van der Waals surface area (Å²) in [6.07, 6.45) is 5.70. The molecule has 0 aliphatic carbocycles. The number of carbonyl (C=O) groups is 1. The molecule has 1 unspecified atom stereocenters. The Morgan fingerprint density at radius 1 is 1.09 bits per heavy atom. The lowest BCUT2D eigenvalue weighted by Gasteiger charge is -2.14. The molecule has 0 N–H and O–H groups in total. The fraction of sp³-hybridized carbons (Fsp3) is 0.824. The monoisotopic (exact) mass is 329 g/mol. The number of rotatable bonds is 14. The van der Waals surface area contributed by atoms with Gasteiger partial charge in [-0.2, -0.15) is 0 Å². The molecule has 0 aliphatic rings. The maximum absolute atomic E-state index is 11.3. The number of carbonyl (C=O) groups excluding carboxylic acids is 1. The van der Waals surface area contributed by atoms with Crippen molar-refractivity contribution < 1.29 is 18.4 Å². The highest BCUT2D eigenvalue weighted by Gasteiger charge is 2.13. The van der Waals surface area contributed by atoms with E-state index < -0.39 is 9.28 Å². The molecule has 1 radical (unpaired) electrons. The Kier molecular flexibility index (Phi) is 13.6. The third kappa shape index (κ3) is 11.9. The van der Waals surface area contributed by atoms with E-state index in [2.05, 4.69) is 13.5 Å². The van der Waals surface area contributed by atoms with E-state index in [4.69, 9.17) is 13.6 Å². The molecular formula is C17H33O4Si. The van der Waals surface area contributed by atoms with Crippen LogP contribution in [0.3, 0.4) is 0 Å². The standard InChI is InChI=1S/C17H33O4Si/c1-6-20-22(21-7-2)14-10-8-9-11-16(5)12-13-19-17(18)15(3)4/h16H,3,6-14H2,1-2,4-5H3. The van der Waals surface area contributed by atoms with E-state index in [1.165, 1.54) is 25.7 Å². The third-order valence-corrected chi connectivity index (χ3v) is 5.36. The van der Waals surface area contributed by atoms with Crippen LogP contribution >= 0.6 is 0 Å². The molecule has 1 atom stereocenters. The predicted octanol–water partition coefficient (Wildman–Crippen LogP) is 4.25. The normalized spacial score (nSPS) is 12.4. The van der Waals surface area contributed by atoms with Crippen LogP contribution in [0.2, 0.25) is 6.04 Å². The molecule has 0 amide bonds. The topological polar surface area (TPSA) is 44.8 Å². The van der Waals surface area contributed by atoms with Gasteiger partial charge in [-0.1, -0.05) is 39.2 Å². The number of esters is 1. The Morgan fingerprint density at radius 2 is 1.73 bits per heavy atom. The fourth-order valence-corrected chi connectivity index (χ4v) is 3.62. The van der Waals surface area contributed by atoms with E-state index >= 15 is 0 Å². The zero-order chi connectivity index (χ0) is 16.8. The van der Waals surface area contributed by atoms with Gasteiger partial charge in [-0.25, -0.2) is 4.79 Å². The first-order valence-corrected chi connectivity index (χ1v) is 9.97. The Labute approximate surface area is 138 Å². The van der Waals surface area contributed by atoms with Gasteiger partial charge >= 0.3 is 15.3 Å². The zero-order valence-electron chi connectivity index (χ0n) is 14.8. The van der Waals surface area contributed by atoms with Crippen LogP contribution in [0.25, 0.3) is 0 Å². The van der Waals surface area contributed by atoms with Gasteiger partial charge in [-0.05, 0) is 39.2 Å². The zero-order valence-corrected chi connectivity index (χ0v) is 15.8. The number of hydrogen-bond acceptors (Lipinski definition) is 4. The third-order valence-electron chi connectivity index (χ3n) is 3.38. The van der Waals surface area contributed by atoms with Crippen LogP contribution < -0.4 is 0 Å². The highest BCUT2D eigenvalue weighted by Crippen LogP contribution is 2.15. The maximum Gasteiger partial charge on any atom is 0.384 e. The Bertz CT molecular complexity index is 301. The summed E-state index contributed by atoms with van der Waals surface area (Å²) >= 11 is 0. The summed E-state index contributed by atoms with van der Waals surface area (Å²) in [6.45, 7) is 13.5. The molecule has 0 fully saturated rings. The fourth-order valence-electron chi connectivity index (χ4n) is 2.07. The van der Waals surface area contributed by atoms with E-state index in [0.29, 0.717) is 18.1 Å². The van der Waals surface area contributed by atoms with E-state index in [-0.39, 0.29) is 5.97 Å². The van der Waals surface area contributed by atoms with Crippen LogP contribution in [0.4, 0.5) is 0 Å². The molecule has 22 heavy (non-hydrogen) atoms. The molecule has 0 rings (SSSR count). The quantitative estimate of drug-likeness (QED) is 0.207. The van der Waals surface area contributed by atoms with Crippen LogP contribution in [0, 0.1) is 5.92 Å². The van der Waals surface area contributed by atoms with E-state index in [9.17, 15) is 4.79 Å². The predicted molar refractivity (Wildman–Crippen MR) is 91.8 cm³/mol. The largest absolute Gasteiger partial charge is 0.462 e. The molecule has 0 heterocycles. The van der Waals surface area contributed by atoms with Gasteiger partial charge in [0.1, 0.15) is 0 Å². The van der Waals surface area contributed by atoms with Crippen molar-refractivity contribution in [3.63, 3.8) is 0 Å². The van der Waals surface area contributed by atoms with Gasteiger partial charge in [0.25, 0.3) is 0 Å². The van der Waals surface area contributed by atoms with Gasteiger partial charge in [0, 0.05) is 18.8 Å². The lowest BCUT2D eigenvalue weighted by atomic mass is 10.0. The molecule has 4 nitrogen and oxygen atoms in total. The molecule has 5 heteroatoms. The molecule has 0 saturated carbocycles. The minimum atomic E-state index is -1.04. The summed E-state index contributed by atoms with van der Waals surface area (Å²) < 4.78 is 16.4. The Balaban J connectivity index is 3.57. The van der Waals surface area contributed by atoms with Gasteiger partial charge in [-0.3, -0.25) is 0 Å². The minimum Gasteiger partial charge on any atom is -0.462 e. The van der Waals surface area contributed by atoms with Gasteiger partial charge in [0.15, 0.2) is 0 Å². The number of ether oxygens (including phenoxy) is 1. The Hall–Kier alpha value is -0.653. The summed E-state index contributed by atoms with van der Waals surface area (Å²) in [4.78, 5) is 11.3. The summed E-state index contributed by atoms with van der Waals surface area (Å²) in [5.41, 5.74) is 0.467. The molecule has 0 saturated heterocycles. The SMILES string of the molecule is C=C(C)C(=O)OCCC(C)CCCCC[Si](OCC)OCC. The van der Waals surface area contributed by atoms with Crippen molar-refractivity contribution >= 4 is 15.3 Å². The highest BCUT2D eigenvalue weighted by molar-refractivity contribution is 6.44. The van der Waals surface area contributed by atoms with Gasteiger partial charge in [-0.15, -0.1) is 0 Å². The second-order valence-corrected chi connectivity index (χ2v) is 7.47. The first kappa shape index (κ1) is 21.3. The van der Waals surface area contributed by atoms with Crippen LogP contribution in [0.1, 0.15) is 59.8 Å².